The molecule has 2 aliphatic carbocycles. The van der Waals surface area contributed by atoms with Crippen molar-refractivity contribution in [3.8, 4) is 51.0 Å². The van der Waals surface area contributed by atoms with Gasteiger partial charge in [0, 0.05) is 11.3 Å². The summed E-state index contributed by atoms with van der Waals surface area (Å²) in [6.45, 7) is 0. The van der Waals surface area contributed by atoms with Crippen LogP contribution < -0.4 is 4.90 Å². The van der Waals surface area contributed by atoms with E-state index in [9.17, 15) is 25.5 Å². The molecule has 0 fully saturated rings. The van der Waals surface area contributed by atoms with Crippen LogP contribution in [-0.2, 0) is 5.41 Å². The maximum atomic E-state index is 11.7. The van der Waals surface area contributed by atoms with Gasteiger partial charge in [-0.2, -0.15) is 0 Å². The predicted octanol–water partition coefficient (Wildman–Crippen LogP) is 11.5. The Morgan fingerprint density at radius 3 is 1.33 bits per heavy atom. The van der Waals surface area contributed by atoms with Gasteiger partial charge in [-0.05, 0) is 89.5 Å². The number of phenols is 5. The molecule has 0 aliphatic heterocycles. The smallest absolute Gasteiger partial charge is 0.208 e. The van der Waals surface area contributed by atoms with Crippen LogP contribution in [0, 0.1) is 0 Å². The predicted molar refractivity (Wildman–Crippen MR) is 218 cm³/mol. The lowest BCUT2D eigenvalue weighted by molar-refractivity contribution is 0.329. The zero-order chi connectivity index (χ0) is 37.2. The minimum Gasteiger partial charge on any atom is -0.503 e. The Hall–Kier alpha value is -7.44. The first-order chi connectivity index (χ1) is 26.9. The molecule has 2 aliphatic rings. The van der Waals surface area contributed by atoms with E-state index in [2.05, 4.69) is 97.1 Å². The number of hydrogen-bond donors (Lipinski definition) is 5. The van der Waals surface area contributed by atoms with Crippen molar-refractivity contribution in [2.75, 3.05) is 4.90 Å². The summed E-state index contributed by atoms with van der Waals surface area (Å²) < 4.78 is 0. The maximum absolute atomic E-state index is 11.7. The highest BCUT2D eigenvalue weighted by atomic mass is 16.4. The second-order valence-corrected chi connectivity index (χ2v) is 14.3. The van der Waals surface area contributed by atoms with Crippen molar-refractivity contribution >= 4 is 49.4 Å². The SMILES string of the molecule is Oc1c(O)c(O)c(N(c2ccc3c4ccccc4c4ccccc4c3c2)c2cccc3c2-c2ccccc2C32c3ccccc3-c3ccccc32)c(O)c1O. The second-order valence-electron chi connectivity index (χ2n) is 14.3. The van der Waals surface area contributed by atoms with E-state index < -0.39 is 34.2 Å². The number of aromatic hydroxyl groups is 5. The van der Waals surface area contributed by atoms with Gasteiger partial charge in [-0.15, -0.1) is 0 Å². The third kappa shape index (κ3) is 3.87. The van der Waals surface area contributed by atoms with Crippen molar-refractivity contribution in [1.29, 1.82) is 0 Å². The molecule has 9 aromatic carbocycles. The largest absolute Gasteiger partial charge is 0.503 e. The molecule has 0 saturated heterocycles. The number of nitrogens with zero attached hydrogens (tertiary/aromatic N) is 1. The number of hydrogen-bond acceptors (Lipinski definition) is 6. The molecule has 0 unspecified atom stereocenters. The summed E-state index contributed by atoms with van der Waals surface area (Å²) in [5, 5.41) is 62.2. The molecule has 11 rings (SSSR count). The molecule has 5 N–H and O–H groups in total. The Kier molecular flexibility index (Phi) is 6.25. The summed E-state index contributed by atoms with van der Waals surface area (Å²) in [4.78, 5) is 1.67. The fourth-order valence-electron chi connectivity index (χ4n) is 9.62. The van der Waals surface area contributed by atoms with E-state index in [-0.39, 0.29) is 5.69 Å². The van der Waals surface area contributed by atoms with Gasteiger partial charge < -0.3 is 30.4 Å². The fraction of sp³-hybridized carbons (Fsp3) is 0.0204. The third-order valence-electron chi connectivity index (χ3n) is 11.8. The average molecular weight is 714 g/mol. The van der Waals surface area contributed by atoms with Gasteiger partial charge in [-0.25, -0.2) is 0 Å². The summed E-state index contributed by atoms with van der Waals surface area (Å²) in [5.41, 5.74) is 8.71. The second kappa shape index (κ2) is 11.0. The Morgan fingerprint density at radius 2 is 0.764 bits per heavy atom. The van der Waals surface area contributed by atoms with Gasteiger partial charge in [0.1, 0.15) is 5.69 Å². The third-order valence-corrected chi connectivity index (χ3v) is 11.8. The minimum absolute atomic E-state index is 0.281. The minimum atomic E-state index is -1.02. The molecular weight excluding hydrogens is 683 g/mol. The van der Waals surface area contributed by atoms with E-state index in [1.165, 1.54) is 0 Å². The van der Waals surface area contributed by atoms with Gasteiger partial charge in [0.2, 0.25) is 17.2 Å². The standard InChI is InChI=1S/C49H31NO5/c51-44-43(45(52)47(54)48(55)46(44)53)50(27-24-25-32-30-14-2-1-12-28(30)29-13-3-4-15-31(29)36(32)26-27)41-23-11-22-40-42(41)35-18-7-10-21-39(35)49(40)37-19-8-5-16-33(37)34-17-6-9-20-38(34)49/h1-26,51-55H. The molecule has 0 aromatic heterocycles. The lowest BCUT2D eigenvalue weighted by Crippen LogP contribution is -2.26. The number of rotatable bonds is 3. The van der Waals surface area contributed by atoms with Crippen LogP contribution in [0.1, 0.15) is 22.3 Å². The highest BCUT2D eigenvalue weighted by molar-refractivity contribution is 6.26. The van der Waals surface area contributed by atoms with Crippen molar-refractivity contribution in [1.82, 2.24) is 0 Å². The monoisotopic (exact) mass is 713 g/mol. The summed E-state index contributed by atoms with van der Waals surface area (Å²) >= 11 is 0. The van der Waals surface area contributed by atoms with Gasteiger partial charge in [-0.1, -0.05) is 140 Å². The van der Waals surface area contributed by atoms with Gasteiger partial charge in [0.25, 0.3) is 0 Å². The van der Waals surface area contributed by atoms with Crippen LogP contribution in [0.4, 0.5) is 17.1 Å². The fourth-order valence-corrected chi connectivity index (χ4v) is 9.62. The molecule has 0 saturated carbocycles. The van der Waals surface area contributed by atoms with E-state index in [0.717, 1.165) is 76.8 Å². The van der Waals surface area contributed by atoms with Crippen molar-refractivity contribution in [2.45, 2.75) is 5.41 Å². The Balaban J connectivity index is 1.28. The molecule has 9 aromatic rings. The Morgan fingerprint density at radius 1 is 0.345 bits per heavy atom. The van der Waals surface area contributed by atoms with Crippen molar-refractivity contribution in [3.63, 3.8) is 0 Å². The molecule has 0 radical (unpaired) electrons. The van der Waals surface area contributed by atoms with Crippen molar-refractivity contribution in [2.24, 2.45) is 0 Å². The van der Waals surface area contributed by atoms with Crippen LogP contribution in [-0.4, -0.2) is 25.5 Å². The lowest BCUT2D eigenvalue weighted by atomic mass is 9.70. The van der Waals surface area contributed by atoms with Crippen LogP contribution in [0.25, 0.3) is 54.6 Å². The highest BCUT2D eigenvalue weighted by Gasteiger charge is 2.52. The van der Waals surface area contributed by atoms with Crippen molar-refractivity contribution < 1.29 is 25.5 Å². The van der Waals surface area contributed by atoms with Gasteiger partial charge in [0.05, 0.1) is 11.1 Å². The van der Waals surface area contributed by atoms with Crippen molar-refractivity contribution in [3.05, 3.63) is 180 Å². The quantitative estimate of drug-likeness (QED) is 0.0709. The number of fused-ring (bicyclic) bond motifs is 16. The Bertz CT molecular complexity index is 3020. The first-order valence-electron chi connectivity index (χ1n) is 18.2. The molecular formula is C49H31NO5. The first kappa shape index (κ1) is 31.1. The van der Waals surface area contributed by atoms with Crippen LogP contribution in [0.5, 0.6) is 28.7 Å². The molecule has 0 atom stereocenters. The first-order valence-corrected chi connectivity index (χ1v) is 18.2. The number of phenolic OH excluding ortho intramolecular Hbond substituents is 5. The van der Waals surface area contributed by atoms with E-state index in [4.69, 9.17) is 0 Å². The average Bonchev–Trinajstić information content (AvgIpc) is 3.71. The molecule has 0 bridgehead atoms. The summed E-state index contributed by atoms with van der Waals surface area (Å²) in [7, 11) is 0. The number of benzene rings is 9. The molecule has 0 heterocycles. The van der Waals surface area contributed by atoms with Gasteiger partial charge in [0.15, 0.2) is 11.5 Å². The van der Waals surface area contributed by atoms with Crippen LogP contribution in [0.3, 0.4) is 0 Å². The van der Waals surface area contributed by atoms with E-state index in [1.807, 2.05) is 60.7 Å². The molecule has 0 amide bonds. The van der Waals surface area contributed by atoms with Crippen LogP contribution in [0.15, 0.2) is 158 Å². The van der Waals surface area contributed by atoms with Crippen LogP contribution in [0.2, 0.25) is 0 Å². The normalized spacial score (nSPS) is 13.2. The van der Waals surface area contributed by atoms with Gasteiger partial charge >= 0.3 is 0 Å². The maximum Gasteiger partial charge on any atom is 0.208 e. The summed E-state index contributed by atoms with van der Waals surface area (Å²) in [5.74, 6) is -4.49. The number of anilines is 3. The molecule has 262 valence electrons. The van der Waals surface area contributed by atoms with Crippen LogP contribution >= 0.6 is 0 Å². The van der Waals surface area contributed by atoms with Gasteiger partial charge in [-0.3, -0.25) is 0 Å². The zero-order valence-corrected chi connectivity index (χ0v) is 29.2. The van der Waals surface area contributed by atoms with E-state index >= 15 is 0 Å². The molecule has 6 heteroatoms. The zero-order valence-electron chi connectivity index (χ0n) is 29.2. The molecule has 1 spiro atoms. The Labute approximate surface area is 315 Å². The summed E-state index contributed by atoms with van der Waals surface area (Å²) in [6, 6.07) is 53.8. The van der Waals surface area contributed by atoms with E-state index in [0.29, 0.717) is 11.4 Å². The molecule has 6 nitrogen and oxygen atoms in total. The van der Waals surface area contributed by atoms with E-state index in [1.54, 1.807) is 4.90 Å². The molecule has 55 heavy (non-hydrogen) atoms. The summed E-state index contributed by atoms with van der Waals surface area (Å²) in [6.07, 6.45) is 0. The lowest BCUT2D eigenvalue weighted by Gasteiger charge is -2.32. The topological polar surface area (TPSA) is 104 Å². The highest BCUT2D eigenvalue weighted by Crippen LogP contribution is 2.66.